The lowest BCUT2D eigenvalue weighted by molar-refractivity contribution is 0.426. The zero-order valence-corrected chi connectivity index (χ0v) is 12.8. The first-order chi connectivity index (χ1) is 9.32. The molecule has 0 atom stereocenters. The Balaban J connectivity index is 2.71. The van der Waals surface area contributed by atoms with Crippen molar-refractivity contribution < 1.29 is 10.0 Å². The van der Waals surface area contributed by atoms with Gasteiger partial charge in [0.15, 0.2) is 0 Å². The molecule has 0 unspecified atom stereocenters. The Bertz CT molecular complexity index is 661. The summed E-state index contributed by atoms with van der Waals surface area (Å²) >= 11 is 0. The van der Waals surface area contributed by atoms with Gasteiger partial charge >= 0.3 is 7.12 Å². The Kier molecular flexibility index (Phi) is 4.02. The molecule has 0 bridgehead atoms. The second kappa shape index (κ2) is 5.43. The van der Waals surface area contributed by atoms with Gasteiger partial charge in [-0.3, -0.25) is 0 Å². The Morgan fingerprint density at radius 1 is 0.700 bits per heavy atom. The molecule has 0 saturated carbocycles. The number of rotatable bonds is 2. The zero-order valence-electron chi connectivity index (χ0n) is 12.8. The van der Waals surface area contributed by atoms with Crippen LogP contribution in [0.4, 0.5) is 0 Å². The molecule has 2 rings (SSSR count). The van der Waals surface area contributed by atoms with Crippen molar-refractivity contribution in [3.63, 3.8) is 0 Å². The molecule has 0 aromatic heterocycles. The lowest BCUT2D eigenvalue weighted by atomic mass is 9.77. The van der Waals surface area contributed by atoms with E-state index in [4.69, 9.17) is 0 Å². The van der Waals surface area contributed by atoms with E-state index in [2.05, 4.69) is 33.8 Å². The maximum atomic E-state index is 9.36. The Morgan fingerprint density at radius 3 is 1.95 bits per heavy atom. The monoisotopic (exact) mass is 268 g/mol. The summed E-state index contributed by atoms with van der Waals surface area (Å²) in [5, 5.41) is 18.7. The third-order valence-electron chi connectivity index (χ3n) is 4.33. The van der Waals surface area contributed by atoms with Crippen LogP contribution in [0.3, 0.4) is 0 Å². The molecule has 104 valence electrons. The second-order valence-electron chi connectivity index (χ2n) is 5.56. The van der Waals surface area contributed by atoms with Crippen molar-refractivity contribution in [2.45, 2.75) is 34.6 Å². The quantitative estimate of drug-likeness (QED) is 0.822. The van der Waals surface area contributed by atoms with Gasteiger partial charge in [-0.1, -0.05) is 24.3 Å². The van der Waals surface area contributed by atoms with E-state index in [1.165, 1.54) is 27.8 Å². The van der Waals surface area contributed by atoms with Gasteiger partial charge in [0, 0.05) is 0 Å². The van der Waals surface area contributed by atoms with Gasteiger partial charge in [0.2, 0.25) is 0 Å². The first-order valence-electron chi connectivity index (χ1n) is 6.87. The van der Waals surface area contributed by atoms with Crippen LogP contribution >= 0.6 is 0 Å². The highest BCUT2D eigenvalue weighted by atomic mass is 16.4. The van der Waals surface area contributed by atoms with Gasteiger partial charge in [-0.2, -0.15) is 0 Å². The van der Waals surface area contributed by atoms with Gasteiger partial charge in [-0.05, 0) is 79.0 Å². The summed E-state index contributed by atoms with van der Waals surface area (Å²) < 4.78 is 0. The van der Waals surface area contributed by atoms with Gasteiger partial charge in [0.25, 0.3) is 0 Å². The van der Waals surface area contributed by atoms with E-state index in [9.17, 15) is 10.0 Å². The minimum Gasteiger partial charge on any atom is -0.423 e. The molecule has 0 aliphatic heterocycles. The van der Waals surface area contributed by atoms with Crippen molar-refractivity contribution in [2.24, 2.45) is 0 Å². The van der Waals surface area contributed by atoms with Gasteiger partial charge in [-0.15, -0.1) is 0 Å². The van der Waals surface area contributed by atoms with E-state index in [0.717, 1.165) is 11.1 Å². The maximum Gasteiger partial charge on any atom is 0.488 e. The lowest BCUT2D eigenvalue weighted by Crippen LogP contribution is -2.29. The van der Waals surface area contributed by atoms with Crippen LogP contribution < -0.4 is 5.46 Å². The lowest BCUT2D eigenvalue weighted by Gasteiger charge is -2.17. The molecular formula is C17H21BO2. The van der Waals surface area contributed by atoms with Crippen molar-refractivity contribution in [1.29, 1.82) is 0 Å². The molecule has 2 aromatic carbocycles. The highest BCUT2D eigenvalue weighted by Crippen LogP contribution is 2.31. The minimum absolute atomic E-state index is 0.529. The van der Waals surface area contributed by atoms with Crippen LogP contribution in [0.5, 0.6) is 0 Å². The topological polar surface area (TPSA) is 40.5 Å². The van der Waals surface area contributed by atoms with Gasteiger partial charge in [-0.25, -0.2) is 0 Å². The largest absolute Gasteiger partial charge is 0.488 e. The summed E-state index contributed by atoms with van der Waals surface area (Å²) in [6.07, 6.45) is 0. The SMILES string of the molecule is Cc1ccc(B(O)O)cc1-c1cc(C)c(C)c(C)c1C. The molecule has 0 aliphatic carbocycles. The highest BCUT2D eigenvalue weighted by molar-refractivity contribution is 6.58. The van der Waals surface area contributed by atoms with Crippen molar-refractivity contribution in [1.82, 2.24) is 0 Å². The Labute approximate surface area is 121 Å². The average Bonchev–Trinajstić information content (AvgIpc) is 2.41. The summed E-state index contributed by atoms with van der Waals surface area (Å²) in [4.78, 5) is 0. The van der Waals surface area contributed by atoms with E-state index < -0.39 is 7.12 Å². The molecule has 0 saturated heterocycles. The van der Waals surface area contributed by atoms with E-state index >= 15 is 0 Å². The number of aryl methyl sites for hydroxylation is 2. The van der Waals surface area contributed by atoms with Gasteiger partial charge < -0.3 is 10.0 Å². The molecule has 0 heterocycles. The fourth-order valence-electron chi connectivity index (χ4n) is 2.58. The maximum absolute atomic E-state index is 9.36. The molecule has 2 aromatic rings. The highest BCUT2D eigenvalue weighted by Gasteiger charge is 2.15. The molecule has 20 heavy (non-hydrogen) atoms. The normalized spacial score (nSPS) is 10.8. The van der Waals surface area contributed by atoms with Crippen molar-refractivity contribution in [3.05, 3.63) is 52.1 Å². The Hall–Kier alpha value is -1.58. The molecule has 3 heteroatoms. The second-order valence-corrected chi connectivity index (χ2v) is 5.56. The number of hydrogen-bond acceptors (Lipinski definition) is 2. The molecule has 2 N–H and O–H groups in total. The summed E-state index contributed by atoms with van der Waals surface area (Å²) in [5.41, 5.74) is 9.04. The predicted molar refractivity (Wildman–Crippen MR) is 85.4 cm³/mol. The third kappa shape index (κ3) is 2.51. The average molecular weight is 268 g/mol. The fourth-order valence-corrected chi connectivity index (χ4v) is 2.58. The first kappa shape index (κ1) is 14.8. The molecule has 2 nitrogen and oxygen atoms in total. The van der Waals surface area contributed by atoms with Crippen LogP contribution in [-0.2, 0) is 0 Å². The van der Waals surface area contributed by atoms with E-state index in [-0.39, 0.29) is 0 Å². The summed E-state index contributed by atoms with van der Waals surface area (Å²) in [7, 11) is -1.43. The van der Waals surface area contributed by atoms with Gasteiger partial charge in [0.05, 0.1) is 0 Å². The molecule has 0 aliphatic rings. The van der Waals surface area contributed by atoms with Gasteiger partial charge in [0.1, 0.15) is 0 Å². The fraction of sp³-hybridized carbons (Fsp3) is 0.294. The summed E-state index contributed by atoms with van der Waals surface area (Å²) in [5.74, 6) is 0. The molecule has 0 fully saturated rings. The molecule has 0 radical (unpaired) electrons. The van der Waals surface area contributed by atoms with Crippen LogP contribution in [0, 0.1) is 34.6 Å². The number of hydrogen-bond donors (Lipinski definition) is 2. The Morgan fingerprint density at radius 2 is 1.35 bits per heavy atom. The van der Waals surface area contributed by atoms with Crippen molar-refractivity contribution >= 4 is 12.6 Å². The predicted octanol–water partition coefficient (Wildman–Crippen LogP) is 2.58. The summed E-state index contributed by atoms with van der Waals surface area (Å²) in [6, 6.07) is 7.75. The van der Waals surface area contributed by atoms with Crippen LogP contribution in [0.25, 0.3) is 11.1 Å². The third-order valence-corrected chi connectivity index (χ3v) is 4.33. The van der Waals surface area contributed by atoms with Crippen LogP contribution in [0.2, 0.25) is 0 Å². The van der Waals surface area contributed by atoms with Crippen LogP contribution in [0.1, 0.15) is 27.8 Å². The minimum atomic E-state index is -1.43. The standard InChI is InChI=1S/C17H21BO2/c1-10-6-7-15(18(19)20)9-16(10)17-8-11(2)12(3)13(4)14(17)5/h6-9,19-20H,1-5H3. The van der Waals surface area contributed by atoms with E-state index in [0.29, 0.717) is 5.46 Å². The molecular weight excluding hydrogens is 247 g/mol. The van der Waals surface area contributed by atoms with Crippen molar-refractivity contribution in [3.8, 4) is 11.1 Å². The first-order valence-corrected chi connectivity index (χ1v) is 6.87. The zero-order chi connectivity index (χ0) is 15.0. The van der Waals surface area contributed by atoms with Crippen molar-refractivity contribution in [2.75, 3.05) is 0 Å². The van der Waals surface area contributed by atoms with Crippen LogP contribution in [0.15, 0.2) is 24.3 Å². The number of benzene rings is 2. The van der Waals surface area contributed by atoms with E-state index in [1.807, 2.05) is 19.1 Å². The van der Waals surface area contributed by atoms with E-state index in [1.54, 1.807) is 6.07 Å². The smallest absolute Gasteiger partial charge is 0.423 e. The van der Waals surface area contributed by atoms with Crippen LogP contribution in [-0.4, -0.2) is 17.2 Å². The molecule has 0 spiro atoms. The molecule has 0 amide bonds. The summed E-state index contributed by atoms with van der Waals surface area (Å²) in [6.45, 7) is 10.6.